The molecule has 1 fully saturated rings. The van der Waals surface area contributed by atoms with Gasteiger partial charge in [-0.1, -0.05) is 72.0 Å². The van der Waals surface area contributed by atoms with Crippen molar-refractivity contribution >= 4 is 83.6 Å². The summed E-state index contributed by atoms with van der Waals surface area (Å²) in [4.78, 5) is 2.23. The second-order valence-electron chi connectivity index (χ2n) is 14.2. The Hall–Kier alpha value is -4.55. The summed E-state index contributed by atoms with van der Waals surface area (Å²) in [6, 6.07) is 33.5. The summed E-state index contributed by atoms with van der Waals surface area (Å²) < 4.78 is 0. The Bertz CT molecular complexity index is 2190. The van der Waals surface area contributed by atoms with Gasteiger partial charge in [0.05, 0.1) is 11.6 Å². The number of fused-ring (bicyclic) bond motifs is 8. The van der Waals surface area contributed by atoms with Crippen LogP contribution >= 0.6 is 0 Å². The van der Waals surface area contributed by atoms with Crippen molar-refractivity contribution in [3.8, 4) is 28.3 Å². The molecule has 0 aromatic heterocycles. The van der Waals surface area contributed by atoms with Gasteiger partial charge < -0.3 is 4.90 Å². The fourth-order valence-corrected chi connectivity index (χ4v) is 9.16. The second kappa shape index (κ2) is 11.8. The van der Waals surface area contributed by atoms with Crippen molar-refractivity contribution in [2.45, 2.75) is 38.5 Å². The lowest BCUT2D eigenvalue weighted by Gasteiger charge is -2.49. The molecular weight excluding hydrogens is 587 g/mol. The van der Waals surface area contributed by atoms with Crippen LogP contribution in [0.1, 0.15) is 49.8 Å². The first-order valence-corrected chi connectivity index (χ1v) is 17.0. The minimum absolute atomic E-state index is 0.194. The number of nitriles is 1. The predicted octanol–water partition coefficient (Wildman–Crippen LogP) is 4.94. The van der Waals surface area contributed by atoms with Gasteiger partial charge in [-0.15, -0.1) is 16.4 Å². The van der Waals surface area contributed by atoms with Gasteiger partial charge in [0.1, 0.15) is 39.2 Å². The first-order valence-electron chi connectivity index (χ1n) is 17.0. The molecule has 8 rings (SSSR count). The van der Waals surface area contributed by atoms with E-state index in [2.05, 4.69) is 79.4 Å². The minimum atomic E-state index is -0.354. The summed E-state index contributed by atoms with van der Waals surface area (Å²) in [5.41, 5.74) is 12.0. The first-order chi connectivity index (χ1) is 23.6. The van der Waals surface area contributed by atoms with Gasteiger partial charge >= 0.3 is 0 Å². The molecule has 0 N–H and O–H groups in total. The Balaban J connectivity index is 1.52. The highest BCUT2D eigenvalue weighted by molar-refractivity contribution is 6.68. The number of rotatable bonds is 4. The molecule has 4 atom stereocenters. The van der Waals surface area contributed by atoms with Crippen molar-refractivity contribution in [2.24, 2.45) is 17.8 Å². The van der Waals surface area contributed by atoms with Crippen LogP contribution in [0.3, 0.4) is 0 Å². The number of para-hydroxylation sites is 1. The molecule has 224 valence electrons. The van der Waals surface area contributed by atoms with Gasteiger partial charge in [-0.2, -0.15) is 5.26 Å². The Labute approximate surface area is 296 Å². The molecule has 1 saturated carbocycles. The normalized spacial score (nSPS) is 21.8. The third kappa shape index (κ3) is 4.74. The van der Waals surface area contributed by atoms with Crippen molar-refractivity contribution in [1.82, 2.24) is 0 Å². The van der Waals surface area contributed by atoms with Gasteiger partial charge in [0.2, 0.25) is 0 Å². The van der Waals surface area contributed by atoms with E-state index in [1.165, 1.54) is 23.1 Å². The van der Waals surface area contributed by atoms with E-state index in [1.54, 1.807) is 0 Å². The molecule has 0 heterocycles. The Morgan fingerprint density at radius 2 is 1.29 bits per heavy atom. The maximum atomic E-state index is 9.60. The zero-order chi connectivity index (χ0) is 34.2. The lowest BCUT2D eigenvalue weighted by molar-refractivity contribution is 0.168. The van der Waals surface area contributed by atoms with E-state index in [-0.39, 0.29) is 21.8 Å². The summed E-state index contributed by atoms with van der Waals surface area (Å²) >= 11 is 0. The SMILES string of the molecule is [B]c1c([B])c([B])c(-c2cc(N(c3ccccc3)c3ccc(C#N)cc3)cc3c2-c2ccccc2C32C=C(C)C3CC(C)CC2C3)c([B])c1[B]. The van der Waals surface area contributed by atoms with Gasteiger partial charge in [-0.05, 0) is 126 Å². The Morgan fingerprint density at radius 3 is 1.98 bits per heavy atom. The minimum Gasteiger partial charge on any atom is -0.310 e. The van der Waals surface area contributed by atoms with E-state index in [4.69, 9.17) is 39.2 Å². The van der Waals surface area contributed by atoms with Crippen molar-refractivity contribution < 1.29 is 0 Å². The smallest absolute Gasteiger partial charge is 0.113 e. The van der Waals surface area contributed by atoms with E-state index >= 15 is 0 Å². The van der Waals surface area contributed by atoms with Gasteiger partial charge in [0.25, 0.3) is 0 Å². The molecule has 0 aliphatic heterocycles. The molecule has 3 aliphatic carbocycles. The third-order valence-corrected chi connectivity index (χ3v) is 11.4. The van der Waals surface area contributed by atoms with E-state index in [1.807, 2.05) is 42.5 Å². The van der Waals surface area contributed by atoms with Crippen molar-refractivity contribution in [3.05, 3.63) is 119 Å². The van der Waals surface area contributed by atoms with Gasteiger partial charge in [-0.3, -0.25) is 0 Å². The van der Waals surface area contributed by atoms with E-state index in [0.29, 0.717) is 39.8 Å². The molecule has 3 aliphatic rings. The molecule has 0 saturated heterocycles. The fraction of sp³-hybridized carbons (Fsp3) is 0.214. The highest BCUT2D eigenvalue weighted by Gasteiger charge is 2.53. The summed E-state index contributed by atoms with van der Waals surface area (Å²) in [6.07, 6.45) is 6.08. The van der Waals surface area contributed by atoms with Crippen LogP contribution in [0.5, 0.6) is 0 Å². The number of allylic oxidation sites excluding steroid dienone is 2. The zero-order valence-corrected chi connectivity index (χ0v) is 27.9. The first kappa shape index (κ1) is 31.7. The van der Waals surface area contributed by atoms with E-state index in [0.717, 1.165) is 46.6 Å². The fourth-order valence-electron chi connectivity index (χ4n) is 9.16. The summed E-state index contributed by atoms with van der Waals surface area (Å²) in [6.45, 7) is 4.72. The van der Waals surface area contributed by atoms with Crippen LogP contribution in [-0.2, 0) is 5.41 Å². The molecule has 7 heteroatoms. The number of hydrogen-bond donors (Lipinski definition) is 0. The maximum absolute atomic E-state index is 9.60. The van der Waals surface area contributed by atoms with Crippen LogP contribution in [0.15, 0.2) is 103 Å². The van der Waals surface area contributed by atoms with Gasteiger partial charge in [-0.25, -0.2) is 0 Å². The average Bonchev–Trinajstić information content (AvgIpc) is 3.40. The summed E-state index contributed by atoms with van der Waals surface area (Å²) in [5.74, 6) is 1.61. The molecular formula is C42H31B5N2. The number of anilines is 3. The molecule has 49 heavy (non-hydrogen) atoms. The molecule has 10 radical (unpaired) electrons. The zero-order valence-electron chi connectivity index (χ0n) is 27.9. The summed E-state index contributed by atoms with van der Waals surface area (Å²) in [5, 5.41) is 9.60. The lowest BCUT2D eigenvalue weighted by atomic mass is 9.55. The van der Waals surface area contributed by atoms with Crippen LogP contribution in [0.2, 0.25) is 0 Å². The number of nitrogens with zero attached hydrogens (tertiary/aromatic N) is 2. The van der Waals surface area contributed by atoms with Crippen molar-refractivity contribution in [3.63, 3.8) is 0 Å². The van der Waals surface area contributed by atoms with Crippen LogP contribution < -0.4 is 32.2 Å². The highest BCUT2D eigenvalue weighted by atomic mass is 15.1. The highest BCUT2D eigenvalue weighted by Crippen LogP contribution is 2.63. The van der Waals surface area contributed by atoms with Crippen LogP contribution in [0.4, 0.5) is 17.1 Å². The number of hydrogen-bond acceptors (Lipinski definition) is 2. The van der Waals surface area contributed by atoms with Crippen LogP contribution in [0, 0.1) is 29.1 Å². The lowest BCUT2D eigenvalue weighted by Crippen LogP contribution is -2.55. The average molecular weight is 618 g/mol. The third-order valence-electron chi connectivity index (χ3n) is 11.4. The largest absolute Gasteiger partial charge is 0.310 e. The molecule has 5 aromatic rings. The predicted molar refractivity (Wildman–Crippen MR) is 208 cm³/mol. The molecule has 1 spiro atoms. The second-order valence-corrected chi connectivity index (χ2v) is 14.2. The monoisotopic (exact) mass is 618 g/mol. The Kier molecular flexibility index (Phi) is 7.64. The standard InChI is InChI=1S/C42H31B5N2/c1-23-16-26-18-27(17-23)42(21-24(26)2)33-11-7-6-10-31(33)35-32(36-37(43)39(45)41(47)40(46)38(36)44)19-30(20-34(35)42)49(28-8-4-3-5-9-28)29-14-12-25(22-48)13-15-29/h3-15,19-21,23,26-27H,16-18H2,1-2H3. The topological polar surface area (TPSA) is 27.0 Å². The van der Waals surface area contributed by atoms with Gasteiger partial charge in [0, 0.05) is 22.5 Å². The molecule has 2 nitrogen and oxygen atoms in total. The summed E-state index contributed by atoms with van der Waals surface area (Å²) in [7, 11) is 33.2. The quantitative estimate of drug-likeness (QED) is 0.211. The van der Waals surface area contributed by atoms with Crippen molar-refractivity contribution in [1.29, 1.82) is 5.26 Å². The van der Waals surface area contributed by atoms with E-state index in [9.17, 15) is 5.26 Å². The molecule has 4 unspecified atom stereocenters. The van der Waals surface area contributed by atoms with Crippen LogP contribution in [-0.4, -0.2) is 39.2 Å². The molecule has 2 bridgehead atoms. The molecule has 0 amide bonds. The molecule has 5 aromatic carbocycles. The van der Waals surface area contributed by atoms with Crippen LogP contribution in [0.25, 0.3) is 22.3 Å². The number of benzene rings is 5. The Morgan fingerprint density at radius 1 is 0.653 bits per heavy atom. The van der Waals surface area contributed by atoms with Gasteiger partial charge in [0.15, 0.2) is 0 Å². The van der Waals surface area contributed by atoms with Crippen molar-refractivity contribution in [2.75, 3.05) is 4.90 Å². The maximum Gasteiger partial charge on any atom is 0.113 e. The van der Waals surface area contributed by atoms with E-state index < -0.39 is 0 Å².